The Labute approximate surface area is 124 Å². The summed E-state index contributed by atoms with van der Waals surface area (Å²) in [6, 6.07) is 4.08. The molecule has 0 atom stereocenters. The maximum absolute atomic E-state index is 5.86. The molecule has 0 saturated heterocycles. The zero-order valence-electron chi connectivity index (χ0n) is 12.0. The van der Waals surface area contributed by atoms with Gasteiger partial charge in [0.15, 0.2) is 11.5 Å². The molecule has 0 radical (unpaired) electrons. The van der Waals surface area contributed by atoms with Gasteiger partial charge in [-0.1, -0.05) is 13.8 Å². The fourth-order valence-electron chi connectivity index (χ4n) is 1.73. The Morgan fingerprint density at radius 3 is 2.58 bits per heavy atom. The molecule has 3 nitrogen and oxygen atoms in total. The summed E-state index contributed by atoms with van der Waals surface area (Å²) in [4.78, 5) is 0. The zero-order valence-corrected chi connectivity index (χ0v) is 13.6. The van der Waals surface area contributed by atoms with Crippen LogP contribution in [0.3, 0.4) is 0 Å². The highest BCUT2D eigenvalue weighted by atomic mass is 79.9. The van der Waals surface area contributed by atoms with E-state index in [1.54, 1.807) is 0 Å². The van der Waals surface area contributed by atoms with Gasteiger partial charge in [0.1, 0.15) is 0 Å². The summed E-state index contributed by atoms with van der Waals surface area (Å²) >= 11 is 3.56. The number of hydrogen-bond acceptors (Lipinski definition) is 3. The van der Waals surface area contributed by atoms with E-state index in [1.165, 1.54) is 0 Å². The summed E-state index contributed by atoms with van der Waals surface area (Å²) in [7, 11) is 0. The molecule has 2 N–H and O–H groups in total. The van der Waals surface area contributed by atoms with Gasteiger partial charge in [-0.3, -0.25) is 0 Å². The van der Waals surface area contributed by atoms with Crippen molar-refractivity contribution < 1.29 is 9.47 Å². The van der Waals surface area contributed by atoms with Gasteiger partial charge in [-0.15, -0.1) is 0 Å². The lowest BCUT2D eigenvalue weighted by Crippen LogP contribution is -2.06. The van der Waals surface area contributed by atoms with Crippen molar-refractivity contribution in [1.82, 2.24) is 0 Å². The van der Waals surface area contributed by atoms with Crippen molar-refractivity contribution in [3.8, 4) is 11.5 Å². The lowest BCUT2D eigenvalue weighted by Gasteiger charge is -2.16. The SMILES string of the molecule is CCOc1cc(CCN)cc(Br)c1OCCC(C)C. The molecule has 0 saturated carbocycles. The molecular formula is C15H24BrNO2. The molecule has 0 heterocycles. The second-order valence-electron chi connectivity index (χ2n) is 4.91. The van der Waals surface area contributed by atoms with Crippen molar-refractivity contribution >= 4 is 15.9 Å². The largest absolute Gasteiger partial charge is 0.490 e. The number of ether oxygens (including phenoxy) is 2. The van der Waals surface area contributed by atoms with Gasteiger partial charge in [-0.05, 0) is 65.9 Å². The lowest BCUT2D eigenvalue weighted by molar-refractivity contribution is 0.260. The van der Waals surface area contributed by atoms with Crippen LogP contribution in [0, 0.1) is 5.92 Å². The van der Waals surface area contributed by atoms with Crippen molar-refractivity contribution in [3.63, 3.8) is 0 Å². The average molecular weight is 330 g/mol. The summed E-state index contributed by atoms with van der Waals surface area (Å²) in [5.74, 6) is 2.22. The Kier molecular flexibility index (Phi) is 7.24. The Morgan fingerprint density at radius 2 is 2.00 bits per heavy atom. The van der Waals surface area contributed by atoms with Crippen molar-refractivity contribution in [2.24, 2.45) is 11.7 Å². The molecule has 1 aromatic rings. The Bertz CT molecular complexity index is 394. The quantitative estimate of drug-likeness (QED) is 0.789. The smallest absolute Gasteiger partial charge is 0.175 e. The second kappa shape index (κ2) is 8.43. The van der Waals surface area contributed by atoms with E-state index in [2.05, 4.69) is 35.8 Å². The molecular weight excluding hydrogens is 306 g/mol. The van der Waals surface area contributed by atoms with Crippen molar-refractivity contribution in [2.45, 2.75) is 33.6 Å². The maximum Gasteiger partial charge on any atom is 0.175 e. The Hall–Kier alpha value is -0.740. The average Bonchev–Trinajstić information content (AvgIpc) is 2.33. The first kappa shape index (κ1) is 16.3. The molecule has 1 rings (SSSR count). The molecule has 4 heteroatoms. The van der Waals surface area contributed by atoms with E-state index >= 15 is 0 Å². The molecule has 19 heavy (non-hydrogen) atoms. The predicted molar refractivity (Wildman–Crippen MR) is 83.0 cm³/mol. The van der Waals surface area contributed by atoms with E-state index in [1.807, 2.05) is 13.0 Å². The molecule has 0 aliphatic rings. The highest BCUT2D eigenvalue weighted by Crippen LogP contribution is 2.37. The molecule has 108 valence electrons. The minimum absolute atomic E-state index is 0.624. The molecule has 0 aliphatic carbocycles. The molecule has 0 fully saturated rings. The highest BCUT2D eigenvalue weighted by Gasteiger charge is 2.12. The molecule has 0 aromatic heterocycles. The van der Waals surface area contributed by atoms with Crippen LogP contribution >= 0.6 is 15.9 Å². The highest BCUT2D eigenvalue weighted by molar-refractivity contribution is 9.10. The third-order valence-electron chi connectivity index (χ3n) is 2.74. The minimum atomic E-state index is 0.624. The van der Waals surface area contributed by atoms with Crippen molar-refractivity contribution in [3.05, 3.63) is 22.2 Å². The number of hydrogen-bond donors (Lipinski definition) is 1. The standard InChI is InChI=1S/C15H24BrNO2/c1-4-18-14-10-12(5-7-17)9-13(16)15(14)19-8-6-11(2)3/h9-11H,4-8,17H2,1-3H3. The number of nitrogens with two attached hydrogens (primary N) is 1. The van der Waals surface area contributed by atoms with Crippen LogP contribution in [-0.2, 0) is 6.42 Å². The molecule has 0 amide bonds. The van der Waals surface area contributed by atoms with Crippen LogP contribution in [0.25, 0.3) is 0 Å². The van der Waals surface area contributed by atoms with Crippen LogP contribution in [0.2, 0.25) is 0 Å². The van der Waals surface area contributed by atoms with Crippen LogP contribution in [0.1, 0.15) is 32.8 Å². The summed E-state index contributed by atoms with van der Waals surface area (Å²) in [5.41, 5.74) is 6.76. The summed E-state index contributed by atoms with van der Waals surface area (Å²) in [5, 5.41) is 0. The second-order valence-corrected chi connectivity index (χ2v) is 5.76. The minimum Gasteiger partial charge on any atom is -0.490 e. The fraction of sp³-hybridized carbons (Fsp3) is 0.600. The van der Waals surface area contributed by atoms with E-state index in [4.69, 9.17) is 15.2 Å². The van der Waals surface area contributed by atoms with Crippen molar-refractivity contribution in [1.29, 1.82) is 0 Å². The molecule has 0 unspecified atom stereocenters. The molecule has 0 aliphatic heterocycles. The number of rotatable bonds is 8. The van der Waals surface area contributed by atoms with Gasteiger partial charge >= 0.3 is 0 Å². The van der Waals surface area contributed by atoms with Gasteiger partial charge in [0.2, 0.25) is 0 Å². The van der Waals surface area contributed by atoms with Crippen molar-refractivity contribution in [2.75, 3.05) is 19.8 Å². The lowest BCUT2D eigenvalue weighted by atomic mass is 10.1. The van der Waals surface area contributed by atoms with Gasteiger partial charge in [0, 0.05) is 0 Å². The summed E-state index contributed by atoms with van der Waals surface area (Å²) in [6.45, 7) is 8.30. The Balaban J connectivity index is 2.87. The maximum atomic E-state index is 5.86. The topological polar surface area (TPSA) is 44.5 Å². The van der Waals surface area contributed by atoms with Crippen LogP contribution in [-0.4, -0.2) is 19.8 Å². The number of benzene rings is 1. The van der Waals surface area contributed by atoms with Gasteiger partial charge < -0.3 is 15.2 Å². The van der Waals surface area contributed by atoms with Crippen LogP contribution in [0.15, 0.2) is 16.6 Å². The van der Waals surface area contributed by atoms with Gasteiger partial charge in [-0.25, -0.2) is 0 Å². The molecule has 1 aromatic carbocycles. The normalized spacial score (nSPS) is 10.8. The van der Waals surface area contributed by atoms with E-state index in [0.29, 0.717) is 25.7 Å². The zero-order chi connectivity index (χ0) is 14.3. The first-order valence-electron chi connectivity index (χ1n) is 6.86. The predicted octanol–water partition coefficient (Wildman–Crippen LogP) is 3.77. The third-order valence-corrected chi connectivity index (χ3v) is 3.33. The number of halogens is 1. The van der Waals surface area contributed by atoms with Crippen LogP contribution in [0.4, 0.5) is 0 Å². The monoisotopic (exact) mass is 329 g/mol. The van der Waals surface area contributed by atoms with Gasteiger partial charge in [0.25, 0.3) is 0 Å². The van der Waals surface area contributed by atoms with E-state index in [-0.39, 0.29) is 0 Å². The Morgan fingerprint density at radius 1 is 1.26 bits per heavy atom. The van der Waals surface area contributed by atoms with Gasteiger partial charge in [-0.2, -0.15) is 0 Å². The molecule has 0 spiro atoms. The van der Waals surface area contributed by atoms with Crippen LogP contribution in [0.5, 0.6) is 11.5 Å². The van der Waals surface area contributed by atoms with Crippen LogP contribution < -0.4 is 15.2 Å². The van der Waals surface area contributed by atoms with E-state index in [0.717, 1.165) is 34.4 Å². The first-order valence-corrected chi connectivity index (χ1v) is 7.65. The summed E-state index contributed by atoms with van der Waals surface area (Å²) in [6.07, 6.45) is 1.87. The third kappa shape index (κ3) is 5.41. The fourth-order valence-corrected chi connectivity index (χ4v) is 2.34. The van der Waals surface area contributed by atoms with Gasteiger partial charge in [0.05, 0.1) is 17.7 Å². The first-order chi connectivity index (χ1) is 9.08. The van der Waals surface area contributed by atoms with E-state index in [9.17, 15) is 0 Å². The molecule has 0 bridgehead atoms. The van der Waals surface area contributed by atoms with E-state index < -0.39 is 0 Å². The summed E-state index contributed by atoms with van der Waals surface area (Å²) < 4.78 is 12.5.